The van der Waals surface area contributed by atoms with Crippen molar-refractivity contribution < 1.29 is 4.79 Å². The molecule has 0 atom stereocenters. The third-order valence-corrected chi connectivity index (χ3v) is 5.24. The summed E-state index contributed by atoms with van der Waals surface area (Å²) in [5.41, 5.74) is 1.69. The summed E-state index contributed by atoms with van der Waals surface area (Å²) in [6, 6.07) is 0.632. The Labute approximate surface area is 141 Å². The summed E-state index contributed by atoms with van der Waals surface area (Å²) in [5, 5.41) is 11.2. The lowest BCUT2D eigenvalue weighted by atomic mass is 9.58. The number of hydrogen-bond donors (Lipinski definition) is 0. The molecule has 2 aliphatic rings. The zero-order chi connectivity index (χ0) is 17.0. The van der Waals surface area contributed by atoms with Crippen LogP contribution in [0.1, 0.15) is 86.0 Å². The van der Waals surface area contributed by atoms with E-state index in [1.54, 1.807) is 0 Å². The minimum atomic E-state index is -0.287. The molecule has 4 nitrogen and oxygen atoms in total. The van der Waals surface area contributed by atoms with E-state index in [-0.39, 0.29) is 5.41 Å². The molecule has 2 aliphatic carbocycles. The molecule has 0 amide bonds. The van der Waals surface area contributed by atoms with Crippen molar-refractivity contribution in [2.45, 2.75) is 98.1 Å². The largest absolute Gasteiger partial charge is 0.293 e. The van der Waals surface area contributed by atoms with Crippen LogP contribution >= 0.6 is 0 Å². The molecule has 0 heterocycles. The Bertz CT molecular complexity index is 477. The Morgan fingerprint density at radius 1 is 1.09 bits per heavy atom. The summed E-state index contributed by atoms with van der Waals surface area (Å²) in [5.74, 6) is 0.375. The maximum Gasteiger partial charge on any atom is 0.172 e. The molecule has 1 spiro atoms. The first-order valence-corrected chi connectivity index (χ1v) is 9.42. The van der Waals surface area contributed by atoms with Crippen LogP contribution in [0.5, 0.6) is 0 Å². The van der Waals surface area contributed by atoms with Crippen molar-refractivity contribution in [3.63, 3.8) is 0 Å². The highest BCUT2D eigenvalue weighted by Gasteiger charge is 2.53. The molecule has 0 bridgehead atoms. The number of allylic oxidation sites excluding steroid dienone is 2. The van der Waals surface area contributed by atoms with Gasteiger partial charge in [0.2, 0.25) is 0 Å². The predicted molar refractivity (Wildman–Crippen MR) is 94.0 cm³/mol. The van der Waals surface area contributed by atoms with Gasteiger partial charge in [0, 0.05) is 17.7 Å². The minimum absolute atomic E-state index is 0.287. The van der Waals surface area contributed by atoms with E-state index in [0.29, 0.717) is 17.9 Å². The lowest BCUT2D eigenvalue weighted by molar-refractivity contribution is -0.128. The molecule has 0 unspecified atom stereocenters. The molecule has 130 valence electrons. The van der Waals surface area contributed by atoms with Crippen LogP contribution in [0.15, 0.2) is 21.6 Å². The Balaban J connectivity index is 2.27. The van der Waals surface area contributed by atoms with Crippen LogP contribution in [0.4, 0.5) is 0 Å². The van der Waals surface area contributed by atoms with Crippen LogP contribution in [0.2, 0.25) is 0 Å². The van der Waals surface area contributed by atoms with Crippen molar-refractivity contribution in [1.82, 2.24) is 5.01 Å². The second kappa shape index (κ2) is 7.59. The van der Waals surface area contributed by atoms with Crippen molar-refractivity contribution >= 4 is 5.78 Å². The third-order valence-electron chi connectivity index (χ3n) is 5.24. The number of nitrogens with zero attached hydrogens (tertiary/aromatic N) is 3. The number of ketones is 1. The van der Waals surface area contributed by atoms with Gasteiger partial charge in [0.1, 0.15) is 0 Å². The lowest BCUT2D eigenvalue weighted by Gasteiger charge is -2.44. The molecule has 0 aromatic heterocycles. The van der Waals surface area contributed by atoms with E-state index < -0.39 is 0 Å². The van der Waals surface area contributed by atoms with Gasteiger partial charge < -0.3 is 0 Å². The number of carbonyl (C=O) groups is 1. The van der Waals surface area contributed by atoms with E-state index in [4.69, 9.17) is 0 Å². The summed E-state index contributed by atoms with van der Waals surface area (Å²) in [4.78, 5) is 12.8. The maximum absolute atomic E-state index is 12.8. The fourth-order valence-corrected chi connectivity index (χ4v) is 3.99. The summed E-state index contributed by atoms with van der Waals surface area (Å²) < 4.78 is 0. The number of carbonyl (C=O) groups excluding carboxylic acids is 1. The van der Waals surface area contributed by atoms with Gasteiger partial charge in [-0.15, -0.1) is 5.11 Å². The van der Waals surface area contributed by atoms with E-state index >= 15 is 0 Å². The standard InChI is InChI=1S/C19H33N3O/c1-6-7-11-16-17(20-21-22(14(2)3)15(4)5)19(18(16)23)12-9-8-10-13-19/h14-15H,6-13H2,1-5H3. The molecular weight excluding hydrogens is 286 g/mol. The molecule has 0 radical (unpaired) electrons. The number of unbranched alkanes of at least 4 members (excludes halogenated alkanes) is 1. The third kappa shape index (κ3) is 3.51. The molecule has 0 saturated heterocycles. The van der Waals surface area contributed by atoms with Crippen LogP contribution in [0.25, 0.3) is 0 Å². The second-order valence-electron chi connectivity index (χ2n) is 7.66. The van der Waals surface area contributed by atoms with E-state index in [2.05, 4.69) is 45.0 Å². The quantitative estimate of drug-likeness (QED) is 0.462. The van der Waals surface area contributed by atoms with Crippen LogP contribution in [-0.4, -0.2) is 22.9 Å². The van der Waals surface area contributed by atoms with Gasteiger partial charge in [-0.1, -0.05) is 37.8 Å². The van der Waals surface area contributed by atoms with Gasteiger partial charge in [-0.25, -0.2) is 0 Å². The van der Waals surface area contributed by atoms with Gasteiger partial charge in [0.25, 0.3) is 0 Å². The molecule has 23 heavy (non-hydrogen) atoms. The molecule has 0 aromatic carbocycles. The summed E-state index contributed by atoms with van der Waals surface area (Å²) in [7, 11) is 0. The zero-order valence-corrected chi connectivity index (χ0v) is 15.6. The summed E-state index contributed by atoms with van der Waals surface area (Å²) in [6.07, 6.45) is 8.52. The zero-order valence-electron chi connectivity index (χ0n) is 15.6. The number of hydrogen-bond acceptors (Lipinski definition) is 3. The smallest absolute Gasteiger partial charge is 0.172 e. The van der Waals surface area contributed by atoms with Gasteiger partial charge >= 0.3 is 0 Å². The minimum Gasteiger partial charge on any atom is -0.293 e. The fourth-order valence-electron chi connectivity index (χ4n) is 3.99. The van der Waals surface area contributed by atoms with Crippen molar-refractivity contribution in [2.24, 2.45) is 15.8 Å². The van der Waals surface area contributed by atoms with Crippen molar-refractivity contribution in [3.05, 3.63) is 11.3 Å². The average Bonchev–Trinajstić information content (AvgIpc) is 2.53. The van der Waals surface area contributed by atoms with E-state index in [9.17, 15) is 4.79 Å². The number of rotatable bonds is 7. The fraction of sp³-hybridized carbons (Fsp3) is 0.842. The van der Waals surface area contributed by atoms with Crippen molar-refractivity contribution in [2.75, 3.05) is 0 Å². The Morgan fingerprint density at radius 2 is 1.70 bits per heavy atom. The summed E-state index contributed by atoms with van der Waals surface area (Å²) >= 11 is 0. The van der Waals surface area contributed by atoms with Crippen molar-refractivity contribution in [1.29, 1.82) is 0 Å². The van der Waals surface area contributed by atoms with E-state index in [0.717, 1.165) is 56.2 Å². The van der Waals surface area contributed by atoms with Gasteiger partial charge in [-0.3, -0.25) is 9.80 Å². The first kappa shape index (κ1) is 18.2. The van der Waals surface area contributed by atoms with Gasteiger partial charge in [0.15, 0.2) is 5.78 Å². The first-order valence-electron chi connectivity index (χ1n) is 9.42. The van der Waals surface area contributed by atoms with Crippen LogP contribution in [-0.2, 0) is 4.79 Å². The predicted octanol–water partition coefficient (Wildman–Crippen LogP) is 5.45. The Hall–Kier alpha value is -1.19. The maximum atomic E-state index is 12.8. The molecule has 1 saturated carbocycles. The van der Waals surface area contributed by atoms with Crippen LogP contribution < -0.4 is 0 Å². The van der Waals surface area contributed by atoms with Crippen LogP contribution in [0, 0.1) is 5.41 Å². The molecule has 0 aromatic rings. The average molecular weight is 319 g/mol. The molecular formula is C19H33N3O. The normalized spacial score (nSPS) is 20.9. The van der Waals surface area contributed by atoms with Gasteiger partial charge in [-0.05, 0) is 53.4 Å². The molecule has 0 N–H and O–H groups in total. The monoisotopic (exact) mass is 319 g/mol. The molecule has 1 fully saturated rings. The topological polar surface area (TPSA) is 45.0 Å². The highest BCUT2D eigenvalue weighted by Crippen LogP contribution is 2.54. The molecule has 0 aliphatic heterocycles. The van der Waals surface area contributed by atoms with E-state index in [1.807, 2.05) is 5.01 Å². The summed E-state index contributed by atoms with van der Waals surface area (Å²) in [6.45, 7) is 10.7. The molecule has 2 rings (SSSR count). The highest BCUT2D eigenvalue weighted by atomic mass is 16.1. The molecule has 4 heteroatoms. The number of Topliss-reactive ketones (excluding diaryl/α,β-unsaturated/α-hetero) is 1. The first-order chi connectivity index (χ1) is 10.9. The Morgan fingerprint density at radius 3 is 2.22 bits per heavy atom. The van der Waals surface area contributed by atoms with E-state index in [1.165, 1.54) is 6.42 Å². The van der Waals surface area contributed by atoms with Gasteiger partial charge in [-0.2, -0.15) is 0 Å². The lowest BCUT2D eigenvalue weighted by Crippen LogP contribution is -2.45. The second-order valence-corrected chi connectivity index (χ2v) is 7.66. The highest BCUT2D eigenvalue weighted by molar-refractivity contribution is 6.09. The van der Waals surface area contributed by atoms with Crippen molar-refractivity contribution in [3.8, 4) is 0 Å². The SMILES string of the molecule is CCCCC1=C(N=NN(C(C)C)C(C)C)C2(CCCCC2)C1=O. The Kier molecular flexibility index (Phi) is 5.99. The van der Waals surface area contributed by atoms with Crippen LogP contribution in [0.3, 0.4) is 0 Å². The van der Waals surface area contributed by atoms with Gasteiger partial charge in [0.05, 0.1) is 11.1 Å².